The van der Waals surface area contributed by atoms with E-state index in [1.165, 1.54) is 25.7 Å². The highest BCUT2D eigenvalue weighted by molar-refractivity contribution is 5.84. The minimum Gasteiger partial charge on any atom is -0.299 e. The Kier molecular flexibility index (Phi) is 2.45. The third kappa shape index (κ3) is 1.32. The van der Waals surface area contributed by atoms with Crippen LogP contribution in [0.3, 0.4) is 0 Å². The van der Waals surface area contributed by atoms with E-state index in [0.29, 0.717) is 23.0 Å². The van der Waals surface area contributed by atoms with Crippen LogP contribution in [-0.4, -0.2) is 5.78 Å². The standard InChI is InChI=1S/C13H22O/c1-9-4-6-13(7-5-9)10(2)8-12(14)11(13)3/h9-11H,4-8H2,1-3H3. The summed E-state index contributed by atoms with van der Waals surface area (Å²) in [7, 11) is 0. The molecule has 0 bridgehead atoms. The van der Waals surface area contributed by atoms with E-state index in [2.05, 4.69) is 20.8 Å². The van der Waals surface area contributed by atoms with Crippen LogP contribution in [0.1, 0.15) is 52.9 Å². The molecule has 0 saturated heterocycles. The molecule has 0 heterocycles. The number of ketones is 1. The number of hydrogen-bond donors (Lipinski definition) is 0. The van der Waals surface area contributed by atoms with Crippen molar-refractivity contribution in [2.75, 3.05) is 0 Å². The van der Waals surface area contributed by atoms with Crippen molar-refractivity contribution in [2.45, 2.75) is 52.9 Å². The summed E-state index contributed by atoms with van der Waals surface area (Å²) in [4.78, 5) is 11.7. The molecular formula is C13H22O. The van der Waals surface area contributed by atoms with Crippen molar-refractivity contribution < 1.29 is 4.79 Å². The molecule has 0 aromatic carbocycles. The molecule has 14 heavy (non-hydrogen) atoms. The van der Waals surface area contributed by atoms with Gasteiger partial charge in [-0.15, -0.1) is 0 Å². The molecule has 1 nitrogen and oxygen atoms in total. The Bertz CT molecular complexity index is 236. The molecule has 1 spiro atoms. The van der Waals surface area contributed by atoms with Crippen molar-refractivity contribution in [3.63, 3.8) is 0 Å². The fourth-order valence-corrected chi connectivity index (χ4v) is 3.65. The second-order valence-electron chi connectivity index (χ2n) is 5.71. The van der Waals surface area contributed by atoms with E-state index in [-0.39, 0.29) is 0 Å². The van der Waals surface area contributed by atoms with E-state index in [1.807, 2.05) is 0 Å². The highest BCUT2D eigenvalue weighted by atomic mass is 16.1. The Hall–Kier alpha value is -0.330. The average Bonchev–Trinajstić information content (AvgIpc) is 2.36. The smallest absolute Gasteiger partial charge is 0.136 e. The Morgan fingerprint density at radius 1 is 1.14 bits per heavy atom. The first-order valence-electron chi connectivity index (χ1n) is 6.09. The van der Waals surface area contributed by atoms with Crippen LogP contribution in [0.25, 0.3) is 0 Å². The van der Waals surface area contributed by atoms with Gasteiger partial charge >= 0.3 is 0 Å². The Balaban J connectivity index is 2.18. The van der Waals surface area contributed by atoms with Crippen LogP contribution in [0, 0.1) is 23.2 Å². The normalized spacial score (nSPS) is 48.8. The molecule has 2 unspecified atom stereocenters. The largest absolute Gasteiger partial charge is 0.299 e. The summed E-state index contributed by atoms with van der Waals surface area (Å²) in [5.74, 6) is 2.38. The van der Waals surface area contributed by atoms with E-state index in [0.717, 1.165) is 12.3 Å². The second-order valence-corrected chi connectivity index (χ2v) is 5.71. The molecule has 2 atom stereocenters. The highest BCUT2D eigenvalue weighted by Gasteiger charge is 2.50. The van der Waals surface area contributed by atoms with Gasteiger partial charge in [0.15, 0.2) is 0 Å². The zero-order chi connectivity index (χ0) is 10.3. The molecule has 1 heteroatoms. The SMILES string of the molecule is CC1CCC2(CC1)C(C)CC(=O)C2C. The van der Waals surface area contributed by atoms with Gasteiger partial charge in [-0.2, -0.15) is 0 Å². The quantitative estimate of drug-likeness (QED) is 0.577. The van der Waals surface area contributed by atoms with Gasteiger partial charge in [-0.05, 0) is 30.1 Å². The van der Waals surface area contributed by atoms with Crippen LogP contribution >= 0.6 is 0 Å². The summed E-state index contributed by atoms with van der Waals surface area (Å²) in [5, 5.41) is 0. The molecule has 2 fully saturated rings. The van der Waals surface area contributed by atoms with Gasteiger partial charge in [0.25, 0.3) is 0 Å². The topological polar surface area (TPSA) is 17.1 Å². The Morgan fingerprint density at radius 2 is 1.71 bits per heavy atom. The third-order valence-electron chi connectivity index (χ3n) is 5.04. The molecule has 2 aliphatic rings. The number of hydrogen-bond acceptors (Lipinski definition) is 1. The minimum atomic E-state index is 0.338. The van der Waals surface area contributed by atoms with Crippen molar-refractivity contribution in [1.29, 1.82) is 0 Å². The number of Topliss-reactive ketones (excluding diaryl/α,β-unsaturated/α-hetero) is 1. The predicted octanol–water partition coefficient (Wildman–Crippen LogP) is 3.43. The fraction of sp³-hybridized carbons (Fsp3) is 0.923. The summed E-state index contributed by atoms with van der Waals surface area (Å²) < 4.78 is 0. The van der Waals surface area contributed by atoms with Crippen LogP contribution < -0.4 is 0 Å². The van der Waals surface area contributed by atoms with E-state index >= 15 is 0 Å². The van der Waals surface area contributed by atoms with Crippen LogP contribution in [0.2, 0.25) is 0 Å². The van der Waals surface area contributed by atoms with Gasteiger partial charge in [0, 0.05) is 12.3 Å². The summed E-state index contributed by atoms with van der Waals surface area (Å²) in [5.41, 5.74) is 0.392. The van der Waals surface area contributed by atoms with E-state index in [1.54, 1.807) is 0 Å². The van der Waals surface area contributed by atoms with Gasteiger partial charge in [0.05, 0.1) is 0 Å². The average molecular weight is 194 g/mol. The number of carbonyl (C=O) groups excluding carboxylic acids is 1. The molecular weight excluding hydrogens is 172 g/mol. The lowest BCUT2D eigenvalue weighted by Crippen LogP contribution is -2.35. The lowest BCUT2D eigenvalue weighted by atomic mass is 9.62. The zero-order valence-electron chi connectivity index (χ0n) is 9.68. The van der Waals surface area contributed by atoms with Crippen molar-refractivity contribution in [3.8, 4) is 0 Å². The maximum atomic E-state index is 11.7. The first kappa shape index (κ1) is 10.2. The van der Waals surface area contributed by atoms with Gasteiger partial charge < -0.3 is 0 Å². The van der Waals surface area contributed by atoms with E-state index in [4.69, 9.17) is 0 Å². The molecule has 0 radical (unpaired) electrons. The Morgan fingerprint density at radius 3 is 2.14 bits per heavy atom. The van der Waals surface area contributed by atoms with Gasteiger partial charge in [-0.1, -0.05) is 33.6 Å². The second kappa shape index (κ2) is 3.36. The van der Waals surface area contributed by atoms with Crippen LogP contribution in [0.15, 0.2) is 0 Å². The first-order valence-corrected chi connectivity index (χ1v) is 6.09. The lowest BCUT2D eigenvalue weighted by Gasteiger charge is -2.42. The number of carbonyl (C=O) groups is 1. The van der Waals surface area contributed by atoms with Gasteiger partial charge in [0.1, 0.15) is 5.78 Å². The van der Waals surface area contributed by atoms with Crippen LogP contribution in [-0.2, 0) is 4.79 Å². The van der Waals surface area contributed by atoms with Crippen molar-refractivity contribution in [1.82, 2.24) is 0 Å². The summed E-state index contributed by atoms with van der Waals surface area (Å²) in [6, 6.07) is 0. The first-order chi connectivity index (χ1) is 6.56. The van der Waals surface area contributed by atoms with Crippen molar-refractivity contribution in [3.05, 3.63) is 0 Å². The summed E-state index contributed by atoms with van der Waals surface area (Å²) >= 11 is 0. The van der Waals surface area contributed by atoms with E-state index < -0.39 is 0 Å². The molecule has 0 amide bonds. The molecule has 2 rings (SSSR count). The molecule has 0 N–H and O–H groups in total. The summed E-state index contributed by atoms with van der Waals surface area (Å²) in [6.07, 6.45) is 6.10. The molecule has 2 saturated carbocycles. The predicted molar refractivity (Wildman–Crippen MR) is 58.0 cm³/mol. The van der Waals surface area contributed by atoms with E-state index in [9.17, 15) is 4.79 Å². The molecule has 0 aromatic rings. The maximum Gasteiger partial charge on any atom is 0.136 e. The zero-order valence-corrected chi connectivity index (χ0v) is 9.68. The van der Waals surface area contributed by atoms with Gasteiger partial charge in [-0.3, -0.25) is 4.79 Å². The highest BCUT2D eigenvalue weighted by Crippen LogP contribution is 2.55. The minimum absolute atomic E-state index is 0.338. The van der Waals surface area contributed by atoms with Gasteiger partial charge in [-0.25, -0.2) is 0 Å². The molecule has 80 valence electrons. The fourth-order valence-electron chi connectivity index (χ4n) is 3.65. The lowest BCUT2D eigenvalue weighted by molar-refractivity contribution is -0.122. The van der Waals surface area contributed by atoms with Crippen molar-refractivity contribution >= 4 is 5.78 Å². The third-order valence-corrected chi connectivity index (χ3v) is 5.04. The van der Waals surface area contributed by atoms with Crippen LogP contribution in [0.5, 0.6) is 0 Å². The molecule has 2 aliphatic carbocycles. The van der Waals surface area contributed by atoms with Crippen LogP contribution in [0.4, 0.5) is 0 Å². The molecule has 0 aliphatic heterocycles. The monoisotopic (exact) mass is 194 g/mol. The summed E-state index contributed by atoms with van der Waals surface area (Å²) in [6.45, 7) is 6.80. The Labute approximate surface area is 87.3 Å². The van der Waals surface area contributed by atoms with Gasteiger partial charge in [0.2, 0.25) is 0 Å². The van der Waals surface area contributed by atoms with Crippen molar-refractivity contribution in [2.24, 2.45) is 23.2 Å². The molecule has 0 aromatic heterocycles. The maximum absolute atomic E-state index is 11.7. The number of rotatable bonds is 0.